The summed E-state index contributed by atoms with van der Waals surface area (Å²) in [5.41, 5.74) is 19.2. The van der Waals surface area contributed by atoms with Gasteiger partial charge in [-0.05, 0) is 127 Å². The molecule has 2 nitrogen and oxygen atoms in total. The minimum Gasteiger partial charge on any atom is -0.337 e. The van der Waals surface area contributed by atoms with Gasteiger partial charge in [-0.25, -0.2) is 0 Å². The molecule has 0 aliphatic heterocycles. The zero-order valence-electron chi connectivity index (χ0n) is 40.6. The summed E-state index contributed by atoms with van der Waals surface area (Å²) in [6.07, 6.45) is 0. The lowest BCUT2D eigenvalue weighted by Gasteiger charge is -2.27. The molecule has 2 heterocycles. The molecule has 3 heteroatoms. The molecule has 0 fully saturated rings. The molecule has 14 aromatic rings. The largest absolute Gasteiger partial charge is 0.337 e. The minimum atomic E-state index is 0.677. The van der Waals surface area contributed by atoms with Gasteiger partial charge in [0.15, 0.2) is 0 Å². The van der Waals surface area contributed by atoms with Crippen molar-refractivity contribution in [3.63, 3.8) is 0 Å². The highest BCUT2D eigenvalue weighted by Crippen LogP contribution is 2.44. The number of aromatic nitrogens is 1. The van der Waals surface area contributed by atoms with E-state index in [1.54, 1.807) is 0 Å². The SMILES string of the molecule is c1ccc(-c2ccc(N(Cc3ccccc3-c3cccc(-c4cccc5c4c4ccccc4n5-c4cccc5c4sc4ccccc45)c3)c3ccc(-c4ccc(-c5cccc6ccccc56)cc4)cc3)cc2)cc1. The molecule has 0 aliphatic carbocycles. The van der Waals surface area contributed by atoms with Gasteiger partial charge in [0.1, 0.15) is 0 Å². The Morgan fingerprint density at radius 2 is 0.824 bits per heavy atom. The van der Waals surface area contributed by atoms with E-state index >= 15 is 0 Å². The third-order valence-corrected chi connectivity index (χ3v) is 16.1. The molecule has 0 aliphatic rings. The van der Waals surface area contributed by atoms with Gasteiger partial charge in [0.25, 0.3) is 0 Å². The smallest absolute Gasteiger partial charge is 0.0640 e. The van der Waals surface area contributed by atoms with Crippen molar-refractivity contribution in [3.05, 3.63) is 285 Å². The summed E-state index contributed by atoms with van der Waals surface area (Å²) in [6.45, 7) is 0.677. The number of benzene rings is 12. The number of thiophene rings is 1. The van der Waals surface area contributed by atoms with Crippen LogP contribution >= 0.6 is 11.3 Å². The molecule has 74 heavy (non-hydrogen) atoms. The first-order valence-corrected chi connectivity index (χ1v) is 26.3. The third-order valence-electron chi connectivity index (χ3n) is 14.9. The van der Waals surface area contributed by atoms with Crippen LogP contribution in [0.5, 0.6) is 0 Å². The molecule has 348 valence electrons. The summed E-state index contributed by atoms with van der Waals surface area (Å²) in [5.74, 6) is 0. The quantitative estimate of drug-likeness (QED) is 0.133. The molecule has 0 bridgehead atoms. The fourth-order valence-electron chi connectivity index (χ4n) is 11.3. The summed E-state index contributed by atoms with van der Waals surface area (Å²) in [5, 5.41) is 7.65. The van der Waals surface area contributed by atoms with Gasteiger partial charge in [-0.3, -0.25) is 0 Å². The topological polar surface area (TPSA) is 8.17 Å². The van der Waals surface area contributed by atoms with Crippen LogP contribution in [0, 0.1) is 0 Å². The summed E-state index contributed by atoms with van der Waals surface area (Å²) in [4.78, 5) is 2.46. The van der Waals surface area contributed by atoms with Crippen molar-refractivity contribution in [3.8, 4) is 61.3 Å². The van der Waals surface area contributed by atoms with Crippen molar-refractivity contribution < 1.29 is 0 Å². The molecular formula is C71H48N2S. The van der Waals surface area contributed by atoms with Crippen LogP contribution in [0.15, 0.2) is 279 Å². The monoisotopic (exact) mass is 960 g/mol. The third kappa shape index (κ3) is 7.65. The Morgan fingerprint density at radius 3 is 1.61 bits per heavy atom. The van der Waals surface area contributed by atoms with Crippen molar-refractivity contribution in [2.45, 2.75) is 6.54 Å². The van der Waals surface area contributed by atoms with Crippen LogP contribution in [0.1, 0.15) is 5.56 Å². The Kier molecular flexibility index (Phi) is 10.8. The van der Waals surface area contributed by atoms with E-state index in [0.29, 0.717) is 6.54 Å². The van der Waals surface area contributed by atoms with E-state index in [1.807, 2.05) is 11.3 Å². The number of hydrogen-bond donors (Lipinski definition) is 0. The molecular weight excluding hydrogens is 913 g/mol. The second-order valence-corrected chi connectivity index (χ2v) is 20.2. The van der Waals surface area contributed by atoms with E-state index in [9.17, 15) is 0 Å². The van der Waals surface area contributed by atoms with Gasteiger partial charge in [-0.15, -0.1) is 11.3 Å². The van der Waals surface area contributed by atoms with E-state index in [-0.39, 0.29) is 0 Å². The van der Waals surface area contributed by atoms with Crippen LogP contribution in [0.2, 0.25) is 0 Å². The predicted molar refractivity (Wildman–Crippen MR) is 317 cm³/mol. The molecule has 14 rings (SSSR count). The number of para-hydroxylation sites is 1. The molecule has 2 aromatic heterocycles. The molecule has 12 aromatic carbocycles. The van der Waals surface area contributed by atoms with Crippen LogP contribution in [0.25, 0.3) is 114 Å². The molecule has 0 saturated heterocycles. The van der Waals surface area contributed by atoms with Crippen molar-refractivity contribution >= 4 is 75.5 Å². The first kappa shape index (κ1) is 43.5. The van der Waals surface area contributed by atoms with Crippen molar-refractivity contribution in [2.24, 2.45) is 0 Å². The Labute approximate surface area is 434 Å². The normalized spacial score (nSPS) is 11.6. The maximum absolute atomic E-state index is 2.49. The van der Waals surface area contributed by atoms with Crippen LogP contribution < -0.4 is 4.90 Å². The zero-order chi connectivity index (χ0) is 49.0. The first-order chi connectivity index (χ1) is 36.7. The number of fused-ring (bicyclic) bond motifs is 7. The van der Waals surface area contributed by atoms with Gasteiger partial charge < -0.3 is 9.47 Å². The number of anilines is 2. The predicted octanol–water partition coefficient (Wildman–Crippen LogP) is 20.0. The van der Waals surface area contributed by atoms with Crippen molar-refractivity contribution in [1.82, 2.24) is 4.57 Å². The molecule has 0 saturated carbocycles. The van der Waals surface area contributed by atoms with Gasteiger partial charge in [0.2, 0.25) is 0 Å². The van der Waals surface area contributed by atoms with Gasteiger partial charge in [-0.2, -0.15) is 0 Å². The first-order valence-electron chi connectivity index (χ1n) is 25.4. The summed E-state index contributed by atoms with van der Waals surface area (Å²) in [7, 11) is 0. The van der Waals surface area contributed by atoms with Gasteiger partial charge in [0.05, 0.1) is 21.4 Å². The maximum Gasteiger partial charge on any atom is 0.0640 e. The van der Waals surface area contributed by atoms with E-state index < -0.39 is 0 Å². The Hall–Kier alpha value is -9.28. The highest BCUT2D eigenvalue weighted by Gasteiger charge is 2.20. The van der Waals surface area contributed by atoms with Crippen LogP contribution in [-0.2, 0) is 6.54 Å². The maximum atomic E-state index is 2.49. The minimum absolute atomic E-state index is 0.677. The molecule has 0 unspecified atom stereocenters. The summed E-state index contributed by atoms with van der Waals surface area (Å²) in [6, 6.07) is 102. The second-order valence-electron chi connectivity index (χ2n) is 19.2. The van der Waals surface area contributed by atoms with Gasteiger partial charge in [-0.1, -0.05) is 224 Å². The lowest BCUT2D eigenvalue weighted by Crippen LogP contribution is -2.17. The van der Waals surface area contributed by atoms with Crippen LogP contribution in [0.3, 0.4) is 0 Å². The van der Waals surface area contributed by atoms with Gasteiger partial charge >= 0.3 is 0 Å². The Bertz CT molecular complexity index is 4370. The molecule has 0 atom stereocenters. The fraction of sp³-hybridized carbons (Fsp3) is 0.0141. The molecule has 0 spiro atoms. The number of rotatable bonds is 10. The Morgan fingerprint density at radius 1 is 0.324 bits per heavy atom. The molecule has 0 radical (unpaired) electrons. The average molecular weight is 961 g/mol. The zero-order valence-corrected chi connectivity index (χ0v) is 41.4. The Balaban J connectivity index is 0.830. The molecule has 0 amide bonds. The standard InChI is InChI=1S/C71H48N2S/c1-2-16-48(17-3-1)50-38-42-57(43-39-50)72(58-44-40-51(41-45-58)49-34-36-53(37-35-49)61-27-13-20-52-18-4-7-24-60(52)61)47-56-19-5-6-23-59(56)54-21-12-22-55(46-54)62-28-14-31-67-70(62)65-26-8-10-30-66(65)73(67)68-32-15-29-64-63-25-9-11-33-69(63)74-71(64)68/h1-46H,47H2. The lowest BCUT2D eigenvalue weighted by atomic mass is 9.93. The van der Waals surface area contributed by atoms with Crippen LogP contribution in [0.4, 0.5) is 11.4 Å². The average Bonchev–Trinajstić information content (AvgIpc) is 4.06. The summed E-state index contributed by atoms with van der Waals surface area (Å²) < 4.78 is 5.10. The number of hydrogen-bond acceptors (Lipinski definition) is 2. The molecule has 0 N–H and O–H groups in total. The lowest BCUT2D eigenvalue weighted by molar-refractivity contribution is 0.977. The fourth-order valence-corrected chi connectivity index (χ4v) is 12.5. The second kappa shape index (κ2) is 18.4. The highest BCUT2D eigenvalue weighted by atomic mass is 32.1. The van der Waals surface area contributed by atoms with E-state index in [2.05, 4.69) is 289 Å². The van der Waals surface area contributed by atoms with Gasteiger partial charge in [0, 0.05) is 44.2 Å². The van der Waals surface area contributed by atoms with Crippen LogP contribution in [-0.4, -0.2) is 4.57 Å². The van der Waals surface area contributed by atoms with E-state index in [4.69, 9.17) is 0 Å². The highest BCUT2D eigenvalue weighted by molar-refractivity contribution is 7.26. The summed E-state index contributed by atoms with van der Waals surface area (Å²) >= 11 is 1.88. The number of nitrogens with zero attached hydrogens (tertiary/aromatic N) is 2. The van der Waals surface area contributed by atoms with Crippen molar-refractivity contribution in [1.29, 1.82) is 0 Å². The van der Waals surface area contributed by atoms with E-state index in [0.717, 1.165) is 11.4 Å². The van der Waals surface area contributed by atoms with Crippen molar-refractivity contribution in [2.75, 3.05) is 4.90 Å². The van der Waals surface area contributed by atoms with E-state index in [1.165, 1.54) is 120 Å².